The van der Waals surface area contributed by atoms with Gasteiger partial charge in [0, 0.05) is 24.8 Å². The molecule has 2 heterocycles. The molecule has 0 bridgehead atoms. The molecule has 24 heavy (non-hydrogen) atoms. The zero-order chi connectivity index (χ0) is 17.2. The number of aromatic nitrogens is 2. The Hall–Kier alpha value is -1.86. The highest BCUT2D eigenvalue weighted by Crippen LogP contribution is 2.31. The van der Waals surface area contributed by atoms with E-state index in [4.69, 9.17) is 16.3 Å². The van der Waals surface area contributed by atoms with Gasteiger partial charge in [0.15, 0.2) is 5.82 Å². The summed E-state index contributed by atoms with van der Waals surface area (Å²) in [6, 6.07) is 6.39. The Kier molecular flexibility index (Phi) is 4.91. The maximum atomic E-state index is 12.8. The number of benzene rings is 1. The first-order valence-corrected chi connectivity index (χ1v) is 7.87. The van der Waals surface area contributed by atoms with Gasteiger partial charge in [-0.3, -0.25) is 0 Å². The number of hydrogen-bond donors (Lipinski definition) is 1. The highest BCUT2D eigenvalue weighted by molar-refractivity contribution is 6.29. The van der Waals surface area contributed by atoms with Crippen molar-refractivity contribution in [3.63, 3.8) is 0 Å². The zero-order valence-electron chi connectivity index (χ0n) is 12.6. The second-order valence-electron chi connectivity index (χ2n) is 5.49. The lowest BCUT2D eigenvalue weighted by molar-refractivity contribution is -0.137. The van der Waals surface area contributed by atoms with Crippen molar-refractivity contribution < 1.29 is 17.9 Å². The molecule has 0 saturated carbocycles. The molecule has 8 heteroatoms. The summed E-state index contributed by atoms with van der Waals surface area (Å²) in [5.41, 5.74) is -0.495. The van der Waals surface area contributed by atoms with Gasteiger partial charge in [0.2, 0.25) is 0 Å². The van der Waals surface area contributed by atoms with Crippen LogP contribution >= 0.6 is 11.6 Å². The Balaban J connectivity index is 1.83. The van der Waals surface area contributed by atoms with Gasteiger partial charge in [-0.2, -0.15) is 13.2 Å². The van der Waals surface area contributed by atoms with E-state index in [1.54, 1.807) is 0 Å². The van der Waals surface area contributed by atoms with Gasteiger partial charge in [-0.15, -0.1) is 0 Å². The van der Waals surface area contributed by atoms with E-state index >= 15 is 0 Å². The van der Waals surface area contributed by atoms with E-state index in [9.17, 15) is 13.2 Å². The molecule has 1 saturated heterocycles. The molecular weight excluding hydrogens is 343 g/mol. The molecule has 1 atom stereocenters. The first-order valence-electron chi connectivity index (χ1n) is 7.49. The van der Waals surface area contributed by atoms with Crippen LogP contribution in [-0.4, -0.2) is 29.2 Å². The number of alkyl halides is 3. The summed E-state index contributed by atoms with van der Waals surface area (Å²) in [6.07, 6.45) is -2.33. The lowest BCUT2D eigenvalue weighted by atomic mass is 10.1. The third kappa shape index (κ3) is 4.15. The molecule has 0 radical (unpaired) electrons. The molecule has 1 aromatic heterocycles. The predicted molar refractivity (Wildman–Crippen MR) is 84.9 cm³/mol. The Labute approximate surface area is 142 Å². The van der Waals surface area contributed by atoms with Crippen LogP contribution in [0.1, 0.15) is 18.4 Å². The smallest absolute Gasteiger partial charge is 0.376 e. The highest BCUT2D eigenvalue weighted by Gasteiger charge is 2.30. The molecule has 4 nitrogen and oxygen atoms in total. The largest absolute Gasteiger partial charge is 0.416 e. The van der Waals surface area contributed by atoms with Gasteiger partial charge in [0.05, 0.1) is 11.7 Å². The fourth-order valence-corrected chi connectivity index (χ4v) is 2.68. The first kappa shape index (κ1) is 17.0. The van der Waals surface area contributed by atoms with Gasteiger partial charge < -0.3 is 10.1 Å². The first-order chi connectivity index (χ1) is 11.4. The fourth-order valence-electron chi connectivity index (χ4n) is 2.50. The van der Waals surface area contributed by atoms with E-state index in [2.05, 4.69) is 15.3 Å². The van der Waals surface area contributed by atoms with Crippen molar-refractivity contribution in [2.45, 2.75) is 25.1 Å². The average molecular weight is 358 g/mol. The molecule has 2 aromatic rings. The van der Waals surface area contributed by atoms with E-state index in [0.717, 1.165) is 31.6 Å². The fraction of sp³-hybridized carbons (Fsp3) is 0.375. The zero-order valence-corrected chi connectivity index (χ0v) is 13.4. The summed E-state index contributed by atoms with van der Waals surface area (Å²) in [5.74, 6) is 0.598. The molecule has 0 spiro atoms. The van der Waals surface area contributed by atoms with Crippen molar-refractivity contribution in [3.8, 4) is 11.4 Å². The predicted octanol–water partition coefficient (Wildman–Crippen LogP) is 4.41. The van der Waals surface area contributed by atoms with Crippen molar-refractivity contribution in [1.82, 2.24) is 9.97 Å². The van der Waals surface area contributed by atoms with Crippen LogP contribution in [0.15, 0.2) is 30.3 Å². The molecule has 1 aliphatic heterocycles. The quantitative estimate of drug-likeness (QED) is 0.823. The molecule has 0 unspecified atom stereocenters. The second kappa shape index (κ2) is 6.94. The number of hydrogen-bond acceptors (Lipinski definition) is 4. The highest BCUT2D eigenvalue weighted by atomic mass is 35.5. The van der Waals surface area contributed by atoms with E-state index in [1.807, 2.05) is 0 Å². The maximum Gasteiger partial charge on any atom is 0.416 e. The minimum atomic E-state index is -4.42. The van der Waals surface area contributed by atoms with Crippen LogP contribution in [0, 0.1) is 0 Å². The molecule has 3 rings (SSSR count). The average Bonchev–Trinajstić information content (AvgIpc) is 3.05. The van der Waals surface area contributed by atoms with Gasteiger partial charge in [0.25, 0.3) is 0 Å². The summed E-state index contributed by atoms with van der Waals surface area (Å²) in [6.45, 7) is 1.31. The summed E-state index contributed by atoms with van der Waals surface area (Å²) in [4.78, 5) is 8.28. The number of halogens is 4. The molecule has 128 valence electrons. The Morgan fingerprint density at radius 1 is 1.25 bits per heavy atom. The summed E-state index contributed by atoms with van der Waals surface area (Å²) >= 11 is 5.98. The van der Waals surface area contributed by atoms with Gasteiger partial charge in [-0.05, 0) is 25.0 Å². The standard InChI is InChI=1S/C16H15ClF3N3O/c17-13-8-14(21-9-12-5-2-6-24-12)23-15(22-13)10-3-1-4-11(7-10)16(18,19)20/h1,3-4,7-8,12H,2,5-6,9H2,(H,21,22,23)/t12-/m1/s1. The summed E-state index contributed by atoms with van der Waals surface area (Å²) in [5, 5.41) is 3.26. The van der Waals surface area contributed by atoms with Gasteiger partial charge in [-0.1, -0.05) is 23.7 Å². The monoisotopic (exact) mass is 357 g/mol. The number of anilines is 1. The van der Waals surface area contributed by atoms with Gasteiger partial charge in [0.1, 0.15) is 11.0 Å². The van der Waals surface area contributed by atoms with Crippen LogP contribution in [0.3, 0.4) is 0 Å². The third-order valence-electron chi connectivity index (χ3n) is 3.68. The normalized spacial score (nSPS) is 17.9. The van der Waals surface area contributed by atoms with Crippen molar-refractivity contribution in [2.24, 2.45) is 0 Å². The van der Waals surface area contributed by atoms with Crippen LogP contribution < -0.4 is 5.32 Å². The summed E-state index contributed by atoms with van der Waals surface area (Å²) in [7, 11) is 0. The van der Waals surface area contributed by atoms with Crippen molar-refractivity contribution in [2.75, 3.05) is 18.5 Å². The van der Waals surface area contributed by atoms with E-state index < -0.39 is 11.7 Å². The van der Waals surface area contributed by atoms with E-state index in [0.29, 0.717) is 12.4 Å². The molecule has 0 aliphatic carbocycles. The molecule has 1 fully saturated rings. The minimum Gasteiger partial charge on any atom is -0.376 e. The number of nitrogens with one attached hydrogen (secondary N) is 1. The topological polar surface area (TPSA) is 47.0 Å². The second-order valence-corrected chi connectivity index (χ2v) is 5.88. The summed E-state index contributed by atoms with van der Waals surface area (Å²) < 4.78 is 44.0. The van der Waals surface area contributed by atoms with Crippen molar-refractivity contribution in [3.05, 3.63) is 41.0 Å². The van der Waals surface area contributed by atoms with Crippen LogP contribution in [0.25, 0.3) is 11.4 Å². The lowest BCUT2D eigenvalue weighted by Gasteiger charge is -2.13. The Morgan fingerprint density at radius 2 is 2.08 bits per heavy atom. The van der Waals surface area contributed by atoms with Crippen LogP contribution in [0.2, 0.25) is 5.15 Å². The van der Waals surface area contributed by atoms with Gasteiger partial charge in [-0.25, -0.2) is 9.97 Å². The van der Waals surface area contributed by atoms with Crippen LogP contribution in [0.5, 0.6) is 0 Å². The number of rotatable bonds is 4. The number of ether oxygens (including phenoxy) is 1. The van der Waals surface area contributed by atoms with Crippen LogP contribution in [-0.2, 0) is 10.9 Å². The van der Waals surface area contributed by atoms with Crippen molar-refractivity contribution in [1.29, 1.82) is 0 Å². The Bertz CT molecular complexity index is 718. The van der Waals surface area contributed by atoms with E-state index in [-0.39, 0.29) is 22.6 Å². The third-order valence-corrected chi connectivity index (χ3v) is 3.87. The number of nitrogens with zero attached hydrogens (tertiary/aromatic N) is 2. The Morgan fingerprint density at radius 3 is 2.79 bits per heavy atom. The van der Waals surface area contributed by atoms with E-state index in [1.165, 1.54) is 18.2 Å². The molecule has 0 amide bonds. The molecular formula is C16H15ClF3N3O. The maximum absolute atomic E-state index is 12.8. The SMILES string of the molecule is FC(F)(F)c1cccc(-c2nc(Cl)cc(NC[C@H]3CCCO3)n2)c1. The lowest BCUT2D eigenvalue weighted by Crippen LogP contribution is -2.19. The van der Waals surface area contributed by atoms with Crippen molar-refractivity contribution >= 4 is 17.4 Å². The molecule has 1 N–H and O–H groups in total. The van der Waals surface area contributed by atoms with Gasteiger partial charge >= 0.3 is 6.18 Å². The minimum absolute atomic E-state index is 0.107. The molecule has 1 aromatic carbocycles. The van der Waals surface area contributed by atoms with Crippen LogP contribution in [0.4, 0.5) is 19.0 Å². The molecule has 1 aliphatic rings.